The number of aliphatic hydroxyl groups excluding tert-OH is 1. The SMILES string of the molecule is CC1(CO)CN(S(=O)(=O)C2CC2)C1. The molecule has 0 atom stereocenters. The van der Waals surface area contributed by atoms with Crippen LogP contribution in [0, 0.1) is 5.41 Å². The maximum atomic E-state index is 11.6. The Labute approximate surface area is 78.6 Å². The van der Waals surface area contributed by atoms with E-state index in [4.69, 9.17) is 5.11 Å². The number of sulfonamides is 1. The van der Waals surface area contributed by atoms with Gasteiger partial charge in [0.25, 0.3) is 0 Å². The third kappa shape index (κ3) is 1.49. The van der Waals surface area contributed by atoms with Gasteiger partial charge in [-0.1, -0.05) is 6.92 Å². The monoisotopic (exact) mass is 205 g/mol. The number of aliphatic hydroxyl groups is 1. The molecule has 76 valence electrons. The Morgan fingerprint density at radius 2 is 2.00 bits per heavy atom. The molecular formula is C8H15NO3S. The molecule has 1 aliphatic heterocycles. The Balaban J connectivity index is 1.99. The highest BCUT2D eigenvalue weighted by atomic mass is 32.2. The van der Waals surface area contributed by atoms with Gasteiger partial charge in [0.05, 0.1) is 11.9 Å². The van der Waals surface area contributed by atoms with E-state index in [-0.39, 0.29) is 17.3 Å². The van der Waals surface area contributed by atoms with Crippen LogP contribution in [0.2, 0.25) is 0 Å². The average Bonchev–Trinajstić information content (AvgIpc) is 2.80. The summed E-state index contributed by atoms with van der Waals surface area (Å²) in [5.74, 6) is 0. The molecule has 0 aromatic heterocycles. The Morgan fingerprint density at radius 1 is 1.46 bits per heavy atom. The Hall–Kier alpha value is -0.130. The van der Waals surface area contributed by atoms with E-state index < -0.39 is 10.0 Å². The van der Waals surface area contributed by atoms with Crippen molar-refractivity contribution in [3.05, 3.63) is 0 Å². The molecule has 13 heavy (non-hydrogen) atoms. The molecule has 1 aliphatic carbocycles. The molecule has 0 bridgehead atoms. The van der Waals surface area contributed by atoms with Crippen molar-refractivity contribution in [1.82, 2.24) is 4.31 Å². The van der Waals surface area contributed by atoms with Crippen molar-refractivity contribution in [2.75, 3.05) is 19.7 Å². The second kappa shape index (κ2) is 2.68. The van der Waals surface area contributed by atoms with Crippen molar-refractivity contribution < 1.29 is 13.5 Å². The highest BCUT2D eigenvalue weighted by molar-refractivity contribution is 7.90. The van der Waals surface area contributed by atoms with Gasteiger partial charge in [0.15, 0.2) is 0 Å². The van der Waals surface area contributed by atoms with Crippen molar-refractivity contribution in [2.45, 2.75) is 25.0 Å². The van der Waals surface area contributed by atoms with E-state index in [1.807, 2.05) is 6.92 Å². The van der Waals surface area contributed by atoms with Gasteiger partial charge in [-0.25, -0.2) is 12.7 Å². The quantitative estimate of drug-likeness (QED) is 0.693. The Morgan fingerprint density at radius 3 is 2.38 bits per heavy atom. The summed E-state index contributed by atoms with van der Waals surface area (Å²) < 4.78 is 24.7. The summed E-state index contributed by atoms with van der Waals surface area (Å²) in [4.78, 5) is 0. The van der Waals surface area contributed by atoms with Gasteiger partial charge in [-0.3, -0.25) is 0 Å². The molecule has 2 rings (SSSR count). The lowest BCUT2D eigenvalue weighted by Crippen LogP contribution is -2.59. The highest BCUT2D eigenvalue weighted by Crippen LogP contribution is 2.38. The van der Waals surface area contributed by atoms with Crippen LogP contribution in [0.25, 0.3) is 0 Å². The molecule has 5 heteroatoms. The maximum absolute atomic E-state index is 11.6. The predicted molar refractivity (Wildman–Crippen MR) is 48.7 cm³/mol. The van der Waals surface area contributed by atoms with Gasteiger partial charge in [-0.15, -0.1) is 0 Å². The lowest BCUT2D eigenvalue weighted by atomic mass is 9.85. The van der Waals surface area contributed by atoms with Crippen molar-refractivity contribution >= 4 is 10.0 Å². The topological polar surface area (TPSA) is 57.6 Å². The fraction of sp³-hybridized carbons (Fsp3) is 1.00. The van der Waals surface area contributed by atoms with Crippen LogP contribution in [-0.2, 0) is 10.0 Å². The van der Waals surface area contributed by atoms with E-state index in [1.165, 1.54) is 4.31 Å². The zero-order valence-corrected chi connectivity index (χ0v) is 8.55. The Kier molecular flexibility index (Phi) is 1.94. The minimum Gasteiger partial charge on any atom is -0.396 e. The summed E-state index contributed by atoms with van der Waals surface area (Å²) in [6, 6.07) is 0. The minimum atomic E-state index is -2.99. The summed E-state index contributed by atoms with van der Waals surface area (Å²) >= 11 is 0. The van der Waals surface area contributed by atoms with Gasteiger partial charge in [-0.05, 0) is 12.8 Å². The summed E-state index contributed by atoms with van der Waals surface area (Å²) in [5.41, 5.74) is -0.193. The lowest BCUT2D eigenvalue weighted by molar-refractivity contribution is 0.0254. The largest absolute Gasteiger partial charge is 0.396 e. The predicted octanol–water partition coefficient (Wildman–Crippen LogP) is -0.207. The van der Waals surface area contributed by atoms with Crippen LogP contribution < -0.4 is 0 Å². The van der Waals surface area contributed by atoms with Gasteiger partial charge in [0.1, 0.15) is 0 Å². The summed E-state index contributed by atoms with van der Waals surface area (Å²) in [7, 11) is -2.99. The molecule has 2 aliphatic rings. The standard InChI is InChI=1S/C8H15NO3S/c1-8(6-10)4-9(5-8)13(11,12)7-2-3-7/h7,10H,2-6H2,1H3. The van der Waals surface area contributed by atoms with Gasteiger partial charge in [-0.2, -0.15) is 0 Å². The van der Waals surface area contributed by atoms with E-state index in [1.54, 1.807) is 0 Å². The van der Waals surface area contributed by atoms with Crippen LogP contribution in [0.15, 0.2) is 0 Å². The number of rotatable bonds is 3. The molecule has 1 heterocycles. The third-order valence-corrected chi connectivity index (χ3v) is 5.10. The summed E-state index contributed by atoms with van der Waals surface area (Å²) in [6.45, 7) is 2.96. The van der Waals surface area contributed by atoms with E-state index in [9.17, 15) is 8.42 Å². The van der Waals surface area contributed by atoms with Crippen molar-refractivity contribution in [3.8, 4) is 0 Å². The smallest absolute Gasteiger partial charge is 0.217 e. The first-order chi connectivity index (χ1) is 5.98. The first-order valence-corrected chi connectivity index (χ1v) is 6.08. The van der Waals surface area contributed by atoms with Crippen molar-refractivity contribution in [1.29, 1.82) is 0 Å². The van der Waals surface area contributed by atoms with Gasteiger partial charge in [0.2, 0.25) is 10.0 Å². The first-order valence-electron chi connectivity index (χ1n) is 4.58. The first kappa shape index (κ1) is 9.43. The molecule has 0 amide bonds. The number of hydrogen-bond donors (Lipinski definition) is 1. The molecule has 1 N–H and O–H groups in total. The highest BCUT2D eigenvalue weighted by Gasteiger charge is 2.49. The zero-order valence-electron chi connectivity index (χ0n) is 7.73. The second-order valence-electron chi connectivity index (χ2n) is 4.48. The molecule has 0 radical (unpaired) electrons. The lowest BCUT2D eigenvalue weighted by Gasteiger charge is -2.45. The number of nitrogens with zero attached hydrogens (tertiary/aromatic N) is 1. The summed E-state index contributed by atoms with van der Waals surface area (Å²) in [5, 5.41) is 8.85. The van der Waals surface area contributed by atoms with Gasteiger partial charge < -0.3 is 5.11 Å². The van der Waals surface area contributed by atoms with Crippen LogP contribution in [0.4, 0.5) is 0 Å². The van der Waals surface area contributed by atoms with Crippen molar-refractivity contribution in [3.63, 3.8) is 0 Å². The van der Waals surface area contributed by atoms with E-state index in [0.717, 1.165) is 12.8 Å². The van der Waals surface area contributed by atoms with Crippen molar-refractivity contribution in [2.24, 2.45) is 5.41 Å². The van der Waals surface area contributed by atoms with Crippen LogP contribution in [0.1, 0.15) is 19.8 Å². The second-order valence-corrected chi connectivity index (χ2v) is 6.69. The van der Waals surface area contributed by atoms with E-state index >= 15 is 0 Å². The molecule has 2 fully saturated rings. The summed E-state index contributed by atoms with van der Waals surface area (Å²) in [6.07, 6.45) is 1.63. The normalized spacial score (nSPS) is 28.5. The fourth-order valence-electron chi connectivity index (χ4n) is 1.66. The molecule has 1 saturated heterocycles. The third-order valence-electron chi connectivity index (χ3n) is 2.80. The fourth-order valence-corrected chi connectivity index (χ4v) is 3.80. The molecular weight excluding hydrogens is 190 g/mol. The van der Waals surface area contributed by atoms with Crippen LogP contribution >= 0.6 is 0 Å². The molecule has 1 saturated carbocycles. The molecule has 0 aromatic rings. The maximum Gasteiger partial charge on any atom is 0.217 e. The zero-order chi connectivity index (χ0) is 9.69. The molecule has 4 nitrogen and oxygen atoms in total. The van der Waals surface area contributed by atoms with Crippen LogP contribution in [0.5, 0.6) is 0 Å². The Bertz CT molecular complexity index is 301. The van der Waals surface area contributed by atoms with Crippen LogP contribution in [-0.4, -0.2) is 42.8 Å². The van der Waals surface area contributed by atoms with E-state index in [0.29, 0.717) is 13.1 Å². The van der Waals surface area contributed by atoms with Gasteiger partial charge >= 0.3 is 0 Å². The molecule has 0 spiro atoms. The molecule has 0 aromatic carbocycles. The minimum absolute atomic E-state index is 0.0731. The van der Waals surface area contributed by atoms with Gasteiger partial charge in [0, 0.05) is 18.5 Å². The van der Waals surface area contributed by atoms with E-state index in [2.05, 4.69) is 0 Å². The number of hydrogen-bond acceptors (Lipinski definition) is 3. The average molecular weight is 205 g/mol. The molecule has 0 unspecified atom stereocenters. The van der Waals surface area contributed by atoms with Crippen LogP contribution in [0.3, 0.4) is 0 Å².